The molecule has 0 bridgehead atoms. The van der Waals surface area contributed by atoms with Gasteiger partial charge in [-0.15, -0.1) is 0 Å². The van der Waals surface area contributed by atoms with Crippen LogP contribution in [0.5, 0.6) is 0 Å². The smallest absolute Gasteiger partial charge is 0.223 e. The van der Waals surface area contributed by atoms with E-state index >= 15 is 0 Å². The van der Waals surface area contributed by atoms with Gasteiger partial charge in [-0.2, -0.15) is 0 Å². The molecule has 3 N–H and O–H groups in total. The van der Waals surface area contributed by atoms with E-state index in [0.717, 1.165) is 6.42 Å². The first-order valence-corrected chi connectivity index (χ1v) is 7.14. The van der Waals surface area contributed by atoms with Crippen molar-refractivity contribution in [2.75, 3.05) is 13.2 Å². The number of carbonyl (C=O) groups excluding carboxylic acids is 3. The largest absolute Gasteiger partial charge is 0.389 e. The van der Waals surface area contributed by atoms with Crippen molar-refractivity contribution in [2.24, 2.45) is 11.8 Å². The maximum absolute atomic E-state index is 11.8. The number of hydrogen-bond acceptors (Lipinski definition) is 4. The van der Waals surface area contributed by atoms with Crippen LogP contribution in [0.25, 0.3) is 0 Å². The van der Waals surface area contributed by atoms with Crippen LogP contribution in [0.2, 0.25) is 0 Å². The van der Waals surface area contributed by atoms with Crippen LogP contribution in [0.4, 0.5) is 0 Å². The van der Waals surface area contributed by atoms with Crippen molar-refractivity contribution in [3.05, 3.63) is 0 Å². The van der Waals surface area contributed by atoms with E-state index in [1.807, 2.05) is 13.8 Å². The quantitative estimate of drug-likeness (QED) is 0.584. The van der Waals surface area contributed by atoms with Crippen LogP contribution in [0.3, 0.4) is 0 Å². The van der Waals surface area contributed by atoms with Gasteiger partial charge in [0.1, 0.15) is 6.61 Å². The number of ketones is 1. The number of hydrogen-bond donors (Lipinski definition) is 3. The molecule has 1 aliphatic rings. The maximum atomic E-state index is 11.8. The van der Waals surface area contributed by atoms with Gasteiger partial charge in [0.05, 0.1) is 6.04 Å². The topological polar surface area (TPSA) is 95.5 Å². The van der Waals surface area contributed by atoms with E-state index in [0.29, 0.717) is 25.3 Å². The molecule has 114 valence electrons. The van der Waals surface area contributed by atoms with Gasteiger partial charge in [0.15, 0.2) is 5.78 Å². The van der Waals surface area contributed by atoms with Gasteiger partial charge < -0.3 is 15.7 Å². The van der Waals surface area contributed by atoms with Crippen LogP contribution in [-0.2, 0) is 14.4 Å². The summed E-state index contributed by atoms with van der Waals surface area (Å²) >= 11 is 0. The Morgan fingerprint density at radius 1 is 1.45 bits per heavy atom. The molecule has 1 rings (SSSR count). The molecule has 2 amide bonds. The zero-order valence-electron chi connectivity index (χ0n) is 12.1. The van der Waals surface area contributed by atoms with Crippen LogP contribution in [0, 0.1) is 11.8 Å². The Balaban J connectivity index is 2.53. The molecule has 20 heavy (non-hydrogen) atoms. The molecule has 0 aromatic carbocycles. The second-order valence-corrected chi connectivity index (χ2v) is 5.69. The Labute approximate surface area is 119 Å². The molecule has 0 aliphatic carbocycles. The minimum Gasteiger partial charge on any atom is -0.389 e. The Hall–Kier alpha value is -1.43. The molecule has 6 nitrogen and oxygen atoms in total. The number of nitrogens with one attached hydrogen (secondary N) is 2. The Morgan fingerprint density at radius 2 is 2.15 bits per heavy atom. The third kappa shape index (κ3) is 5.28. The van der Waals surface area contributed by atoms with E-state index in [9.17, 15) is 14.4 Å². The molecular formula is C14H24N2O4. The Bertz CT molecular complexity index is 368. The molecule has 0 saturated carbocycles. The fraction of sp³-hybridized carbons (Fsp3) is 0.786. The number of Topliss-reactive ketones (excluding diaryl/α,β-unsaturated/α-hetero) is 1. The van der Waals surface area contributed by atoms with Crippen LogP contribution < -0.4 is 10.6 Å². The molecule has 1 heterocycles. The summed E-state index contributed by atoms with van der Waals surface area (Å²) in [6, 6.07) is -0.770. The fourth-order valence-electron chi connectivity index (χ4n) is 2.22. The summed E-state index contributed by atoms with van der Waals surface area (Å²) in [6.45, 7) is 4.02. The molecular weight excluding hydrogens is 260 g/mol. The van der Waals surface area contributed by atoms with Gasteiger partial charge in [-0.25, -0.2) is 0 Å². The van der Waals surface area contributed by atoms with Gasteiger partial charge in [0, 0.05) is 18.9 Å². The molecule has 0 unspecified atom stereocenters. The van der Waals surface area contributed by atoms with E-state index in [1.54, 1.807) is 0 Å². The van der Waals surface area contributed by atoms with Gasteiger partial charge in [0.2, 0.25) is 11.8 Å². The third-order valence-electron chi connectivity index (χ3n) is 3.51. The van der Waals surface area contributed by atoms with Crippen molar-refractivity contribution in [1.82, 2.24) is 10.6 Å². The van der Waals surface area contributed by atoms with Gasteiger partial charge in [-0.05, 0) is 25.2 Å². The normalized spacial score (nSPS) is 19.8. The lowest BCUT2D eigenvalue weighted by Gasteiger charge is -2.19. The van der Waals surface area contributed by atoms with Crippen LogP contribution in [-0.4, -0.2) is 41.9 Å². The predicted molar refractivity (Wildman–Crippen MR) is 73.8 cm³/mol. The lowest BCUT2D eigenvalue weighted by Crippen LogP contribution is -2.44. The summed E-state index contributed by atoms with van der Waals surface area (Å²) in [5.74, 6) is -0.585. The summed E-state index contributed by atoms with van der Waals surface area (Å²) in [5.41, 5.74) is 0. The maximum Gasteiger partial charge on any atom is 0.223 e. The minimum absolute atomic E-state index is 0.0860. The molecule has 0 spiro atoms. The number of aliphatic hydroxyl groups is 1. The number of aliphatic hydroxyl groups excluding tert-OH is 1. The van der Waals surface area contributed by atoms with E-state index in [-0.39, 0.29) is 24.2 Å². The lowest BCUT2D eigenvalue weighted by atomic mass is 9.95. The van der Waals surface area contributed by atoms with Crippen molar-refractivity contribution in [3.63, 3.8) is 0 Å². The van der Waals surface area contributed by atoms with Gasteiger partial charge in [0.25, 0.3) is 0 Å². The number of rotatable bonds is 8. The highest BCUT2D eigenvalue weighted by molar-refractivity contribution is 5.90. The van der Waals surface area contributed by atoms with Gasteiger partial charge >= 0.3 is 0 Å². The highest BCUT2D eigenvalue weighted by Crippen LogP contribution is 2.17. The average Bonchev–Trinajstić information content (AvgIpc) is 2.80. The van der Waals surface area contributed by atoms with Crippen LogP contribution in [0.1, 0.15) is 39.5 Å². The fourth-order valence-corrected chi connectivity index (χ4v) is 2.22. The Kier molecular flexibility index (Phi) is 6.64. The number of carbonyl (C=O) groups is 3. The highest BCUT2D eigenvalue weighted by Gasteiger charge is 2.30. The van der Waals surface area contributed by atoms with Crippen molar-refractivity contribution >= 4 is 17.6 Å². The molecule has 0 aromatic heterocycles. The molecule has 0 radical (unpaired) electrons. The molecule has 1 aliphatic heterocycles. The van der Waals surface area contributed by atoms with Crippen molar-refractivity contribution < 1.29 is 19.5 Å². The zero-order chi connectivity index (χ0) is 15.1. The summed E-state index contributed by atoms with van der Waals surface area (Å²) in [4.78, 5) is 35.0. The van der Waals surface area contributed by atoms with Crippen molar-refractivity contribution in [2.45, 2.75) is 45.6 Å². The number of amides is 2. The minimum atomic E-state index is -0.770. The Morgan fingerprint density at radius 3 is 2.65 bits per heavy atom. The van der Waals surface area contributed by atoms with Crippen molar-refractivity contribution in [3.8, 4) is 0 Å². The second-order valence-electron chi connectivity index (χ2n) is 5.69. The lowest BCUT2D eigenvalue weighted by molar-refractivity contribution is -0.130. The first-order valence-electron chi connectivity index (χ1n) is 7.14. The highest BCUT2D eigenvalue weighted by atomic mass is 16.3. The summed E-state index contributed by atoms with van der Waals surface area (Å²) in [5, 5.41) is 14.3. The molecule has 1 fully saturated rings. The monoisotopic (exact) mass is 284 g/mol. The molecule has 0 aromatic rings. The molecule has 2 atom stereocenters. The molecule has 6 heteroatoms. The first kappa shape index (κ1) is 16.6. The standard InChI is InChI=1S/C14H24N2O4/c1-9(2)3-4-13(19)16-11(12(18)8-17)7-10-5-6-15-14(10)20/h9-11,17H,3-8H2,1-2H3,(H,15,20)(H,16,19)/t10-,11-/m0/s1. The summed E-state index contributed by atoms with van der Waals surface area (Å²) in [7, 11) is 0. The first-order chi connectivity index (χ1) is 9.43. The van der Waals surface area contributed by atoms with Crippen molar-refractivity contribution in [1.29, 1.82) is 0 Å². The zero-order valence-corrected chi connectivity index (χ0v) is 12.1. The van der Waals surface area contributed by atoms with E-state index in [2.05, 4.69) is 10.6 Å². The predicted octanol–water partition coefficient (Wildman–Crippen LogP) is -0.00500. The third-order valence-corrected chi connectivity index (χ3v) is 3.51. The van der Waals surface area contributed by atoms with Crippen LogP contribution >= 0.6 is 0 Å². The van der Waals surface area contributed by atoms with Gasteiger partial charge in [-0.1, -0.05) is 13.8 Å². The second kappa shape index (κ2) is 7.99. The average molecular weight is 284 g/mol. The molecule has 1 saturated heterocycles. The van der Waals surface area contributed by atoms with E-state index in [1.165, 1.54) is 0 Å². The van der Waals surface area contributed by atoms with Crippen LogP contribution in [0.15, 0.2) is 0 Å². The van der Waals surface area contributed by atoms with E-state index in [4.69, 9.17) is 5.11 Å². The van der Waals surface area contributed by atoms with E-state index < -0.39 is 18.4 Å². The summed E-state index contributed by atoms with van der Waals surface area (Å²) < 4.78 is 0. The summed E-state index contributed by atoms with van der Waals surface area (Å²) in [6.07, 6.45) is 2.02. The van der Waals surface area contributed by atoms with Gasteiger partial charge in [-0.3, -0.25) is 14.4 Å². The SMILES string of the molecule is CC(C)CCC(=O)N[C@@H](C[C@@H]1CCNC1=O)C(=O)CO.